The van der Waals surface area contributed by atoms with Gasteiger partial charge in [-0.25, -0.2) is 0 Å². The summed E-state index contributed by atoms with van der Waals surface area (Å²) in [4.78, 5) is 21.3. The van der Waals surface area contributed by atoms with Gasteiger partial charge >= 0.3 is 0 Å². The van der Waals surface area contributed by atoms with E-state index in [-0.39, 0.29) is 18.9 Å². The van der Waals surface area contributed by atoms with Crippen LogP contribution in [-0.4, -0.2) is 35.7 Å². The SMILES string of the molecule is C[C@H](C[N+](=O)[O-])[C@@H]1OC(C)(C)OCC1=O. The van der Waals surface area contributed by atoms with Crippen LogP contribution in [0.25, 0.3) is 0 Å². The van der Waals surface area contributed by atoms with Crippen molar-refractivity contribution in [2.24, 2.45) is 5.92 Å². The topological polar surface area (TPSA) is 78.7 Å². The molecule has 0 saturated carbocycles. The summed E-state index contributed by atoms with van der Waals surface area (Å²) < 4.78 is 10.5. The Morgan fingerprint density at radius 1 is 1.67 bits per heavy atom. The number of carbonyl (C=O) groups is 1. The Kier molecular flexibility index (Phi) is 3.41. The number of Topliss-reactive ketones (excluding diaryl/α,β-unsaturated/α-hetero) is 1. The second kappa shape index (κ2) is 4.24. The number of ketones is 1. The van der Waals surface area contributed by atoms with E-state index in [2.05, 4.69) is 0 Å². The van der Waals surface area contributed by atoms with Crippen molar-refractivity contribution in [3.63, 3.8) is 0 Å². The summed E-state index contributed by atoms with van der Waals surface area (Å²) in [6.45, 7) is 4.69. The predicted molar refractivity (Wildman–Crippen MR) is 50.9 cm³/mol. The van der Waals surface area contributed by atoms with Crippen molar-refractivity contribution in [2.45, 2.75) is 32.7 Å². The minimum absolute atomic E-state index is 0.0419. The molecule has 1 rings (SSSR count). The van der Waals surface area contributed by atoms with Crippen molar-refractivity contribution in [3.05, 3.63) is 10.1 Å². The van der Waals surface area contributed by atoms with Crippen LogP contribution in [0.1, 0.15) is 20.8 Å². The third-order valence-corrected chi connectivity index (χ3v) is 2.24. The fourth-order valence-corrected chi connectivity index (χ4v) is 1.50. The monoisotopic (exact) mass is 217 g/mol. The van der Waals surface area contributed by atoms with Gasteiger partial charge in [-0.05, 0) is 13.8 Å². The number of nitrogens with zero attached hydrogens (tertiary/aromatic N) is 1. The standard InChI is InChI=1S/C9H15NO5/c1-6(4-10(12)13)8-7(11)5-14-9(2,3)15-8/h6,8H,4-5H2,1-3H3/t6-,8+/m1/s1. The summed E-state index contributed by atoms with van der Waals surface area (Å²) >= 11 is 0. The van der Waals surface area contributed by atoms with Crippen LogP contribution >= 0.6 is 0 Å². The van der Waals surface area contributed by atoms with E-state index >= 15 is 0 Å². The van der Waals surface area contributed by atoms with E-state index in [4.69, 9.17) is 9.47 Å². The lowest BCUT2D eigenvalue weighted by molar-refractivity contribution is -0.490. The first-order valence-electron chi connectivity index (χ1n) is 4.78. The van der Waals surface area contributed by atoms with E-state index in [0.29, 0.717) is 0 Å². The van der Waals surface area contributed by atoms with Crippen LogP contribution in [0, 0.1) is 16.0 Å². The Bertz CT molecular complexity index is 276. The Balaban J connectivity index is 2.65. The molecule has 1 heterocycles. The highest BCUT2D eigenvalue weighted by Crippen LogP contribution is 2.24. The number of hydrogen-bond acceptors (Lipinski definition) is 5. The van der Waals surface area contributed by atoms with Crippen molar-refractivity contribution >= 4 is 5.78 Å². The number of ether oxygens (including phenoxy) is 2. The zero-order valence-corrected chi connectivity index (χ0v) is 9.06. The average molecular weight is 217 g/mol. The van der Waals surface area contributed by atoms with Gasteiger partial charge in [0.1, 0.15) is 12.7 Å². The molecule has 86 valence electrons. The third kappa shape index (κ3) is 3.24. The van der Waals surface area contributed by atoms with Gasteiger partial charge in [-0.2, -0.15) is 0 Å². The zero-order valence-electron chi connectivity index (χ0n) is 9.06. The summed E-state index contributed by atoms with van der Waals surface area (Å²) in [5.74, 6) is -1.51. The molecule has 0 aromatic rings. The lowest BCUT2D eigenvalue weighted by Gasteiger charge is -2.36. The lowest BCUT2D eigenvalue weighted by atomic mass is 10.00. The van der Waals surface area contributed by atoms with E-state index in [1.807, 2.05) is 0 Å². The maximum absolute atomic E-state index is 11.4. The van der Waals surface area contributed by atoms with E-state index in [1.54, 1.807) is 20.8 Å². The molecule has 1 aliphatic heterocycles. The molecule has 0 N–H and O–H groups in total. The van der Waals surface area contributed by atoms with E-state index in [0.717, 1.165) is 0 Å². The Morgan fingerprint density at radius 3 is 2.80 bits per heavy atom. The average Bonchev–Trinajstić information content (AvgIpc) is 2.08. The number of nitro groups is 1. The highest BCUT2D eigenvalue weighted by atomic mass is 16.7. The molecule has 0 aromatic heterocycles. The number of carbonyl (C=O) groups excluding carboxylic acids is 1. The van der Waals surface area contributed by atoms with Gasteiger partial charge in [0.2, 0.25) is 6.54 Å². The highest BCUT2D eigenvalue weighted by Gasteiger charge is 2.39. The van der Waals surface area contributed by atoms with Gasteiger partial charge in [0, 0.05) is 4.92 Å². The van der Waals surface area contributed by atoms with Crippen LogP contribution in [0.3, 0.4) is 0 Å². The lowest BCUT2D eigenvalue weighted by Crippen LogP contribution is -2.49. The van der Waals surface area contributed by atoms with Crippen LogP contribution in [0.4, 0.5) is 0 Å². The number of hydrogen-bond donors (Lipinski definition) is 0. The van der Waals surface area contributed by atoms with Crippen LogP contribution in [0.5, 0.6) is 0 Å². The van der Waals surface area contributed by atoms with Crippen molar-refractivity contribution in [3.8, 4) is 0 Å². The Labute approximate surface area is 87.7 Å². The molecule has 1 fully saturated rings. The van der Waals surface area contributed by atoms with Crippen molar-refractivity contribution in [2.75, 3.05) is 13.2 Å². The van der Waals surface area contributed by atoms with Crippen molar-refractivity contribution in [1.82, 2.24) is 0 Å². The maximum Gasteiger partial charge on any atom is 0.209 e. The van der Waals surface area contributed by atoms with E-state index in [9.17, 15) is 14.9 Å². The summed E-state index contributed by atoms with van der Waals surface area (Å²) in [5.41, 5.74) is 0. The van der Waals surface area contributed by atoms with Crippen LogP contribution < -0.4 is 0 Å². The molecule has 2 atom stereocenters. The second-order valence-electron chi connectivity index (χ2n) is 4.19. The van der Waals surface area contributed by atoms with Gasteiger partial charge in [0.25, 0.3) is 0 Å². The van der Waals surface area contributed by atoms with E-state index in [1.165, 1.54) is 0 Å². The van der Waals surface area contributed by atoms with Gasteiger partial charge < -0.3 is 9.47 Å². The normalized spacial score (nSPS) is 27.4. The molecular weight excluding hydrogens is 202 g/mol. The summed E-state index contributed by atoms with van der Waals surface area (Å²) in [5, 5.41) is 10.3. The molecule has 6 nitrogen and oxygen atoms in total. The molecule has 1 aliphatic rings. The molecule has 0 spiro atoms. The maximum atomic E-state index is 11.4. The van der Waals surface area contributed by atoms with Gasteiger partial charge in [-0.3, -0.25) is 14.9 Å². The molecule has 0 radical (unpaired) electrons. The molecule has 0 unspecified atom stereocenters. The first kappa shape index (κ1) is 12.1. The molecule has 15 heavy (non-hydrogen) atoms. The van der Waals surface area contributed by atoms with Gasteiger partial charge in [0.15, 0.2) is 11.6 Å². The van der Waals surface area contributed by atoms with Crippen LogP contribution in [0.2, 0.25) is 0 Å². The first-order chi connectivity index (χ1) is 6.82. The fourth-order valence-electron chi connectivity index (χ4n) is 1.50. The largest absolute Gasteiger partial charge is 0.343 e. The highest BCUT2D eigenvalue weighted by molar-refractivity contribution is 5.85. The summed E-state index contributed by atoms with van der Waals surface area (Å²) in [6.07, 6.45) is -0.737. The third-order valence-electron chi connectivity index (χ3n) is 2.24. The summed E-state index contributed by atoms with van der Waals surface area (Å²) in [7, 11) is 0. The van der Waals surface area contributed by atoms with Crippen LogP contribution in [0.15, 0.2) is 0 Å². The molecule has 0 aromatic carbocycles. The predicted octanol–water partition coefficient (Wildman–Crippen LogP) is 0.620. The van der Waals surface area contributed by atoms with Crippen molar-refractivity contribution < 1.29 is 19.2 Å². The molecular formula is C9H15NO5. The summed E-state index contributed by atoms with van der Waals surface area (Å²) in [6, 6.07) is 0. The minimum atomic E-state index is -0.844. The Hall–Kier alpha value is -1.01. The quantitative estimate of drug-likeness (QED) is 0.511. The smallest absolute Gasteiger partial charge is 0.209 e. The molecule has 0 bridgehead atoms. The second-order valence-corrected chi connectivity index (χ2v) is 4.19. The van der Waals surface area contributed by atoms with Crippen molar-refractivity contribution in [1.29, 1.82) is 0 Å². The molecule has 1 saturated heterocycles. The van der Waals surface area contributed by atoms with Gasteiger partial charge in [-0.15, -0.1) is 0 Å². The van der Waals surface area contributed by atoms with Gasteiger partial charge in [0.05, 0.1) is 5.92 Å². The number of rotatable bonds is 3. The molecule has 0 amide bonds. The Morgan fingerprint density at radius 2 is 2.27 bits per heavy atom. The zero-order chi connectivity index (χ0) is 11.6. The molecule has 6 heteroatoms. The first-order valence-corrected chi connectivity index (χ1v) is 4.78. The van der Waals surface area contributed by atoms with Crippen LogP contribution in [-0.2, 0) is 14.3 Å². The fraction of sp³-hybridized carbons (Fsp3) is 0.889. The minimum Gasteiger partial charge on any atom is -0.343 e. The molecule has 0 aliphatic carbocycles. The van der Waals surface area contributed by atoms with E-state index < -0.39 is 22.7 Å². The van der Waals surface area contributed by atoms with Gasteiger partial charge in [-0.1, -0.05) is 6.92 Å².